The first-order valence-corrected chi connectivity index (χ1v) is 7.62. The molecule has 0 aromatic carbocycles. The van der Waals surface area contributed by atoms with E-state index in [4.69, 9.17) is 9.47 Å². The number of amides is 1. The summed E-state index contributed by atoms with van der Waals surface area (Å²) in [5.74, 6) is -0.636. The highest BCUT2D eigenvalue weighted by atomic mass is 79.9. The van der Waals surface area contributed by atoms with Crippen molar-refractivity contribution in [1.29, 1.82) is 0 Å². The molecule has 118 valence electrons. The van der Waals surface area contributed by atoms with Crippen LogP contribution in [0.15, 0.2) is 16.7 Å². The molecule has 0 radical (unpaired) electrons. The maximum atomic E-state index is 12.6. The number of carbonyl (C=O) groups excluding carboxylic acids is 2. The third-order valence-corrected chi connectivity index (χ3v) is 3.33. The summed E-state index contributed by atoms with van der Waals surface area (Å²) in [5, 5.41) is 0. The topological polar surface area (TPSA) is 60.8 Å². The number of rotatable bonds is 8. The molecule has 0 aliphatic rings. The van der Waals surface area contributed by atoms with Gasteiger partial charge in [-0.2, -0.15) is 0 Å². The molecular weight excluding hydrogens is 340 g/mol. The predicted molar refractivity (Wildman–Crippen MR) is 82.2 cm³/mol. The number of carbonyl (C=O) groups is 2. The van der Waals surface area contributed by atoms with E-state index < -0.39 is 5.97 Å². The zero-order chi connectivity index (χ0) is 15.8. The molecule has 1 heterocycles. The fourth-order valence-electron chi connectivity index (χ4n) is 1.89. The first-order valence-electron chi connectivity index (χ1n) is 6.82. The number of methoxy groups -OCH3 is 1. The SMILES string of the molecule is CCOC(=O)CN(CCOC)C(=O)c1cc(Br)cn1CC. The largest absolute Gasteiger partial charge is 0.465 e. The van der Waals surface area contributed by atoms with Gasteiger partial charge in [-0.25, -0.2) is 0 Å². The molecule has 0 N–H and O–H groups in total. The van der Waals surface area contributed by atoms with Gasteiger partial charge in [-0.3, -0.25) is 9.59 Å². The van der Waals surface area contributed by atoms with Gasteiger partial charge in [0.1, 0.15) is 12.2 Å². The molecule has 0 unspecified atom stereocenters. The van der Waals surface area contributed by atoms with E-state index in [2.05, 4.69) is 15.9 Å². The smallest absolute Gasteiger partial charge is 0.325 e. The molecule has 21 heavy (non-hydrogen) atoms. The van der Waals surface area contributed by atoms with Gasteiger partial charge in [0.25, 0.3) is 5.91 Å². The molecule has 0 aliphatic carbocycles. The van der Waals surface area contributed by atoms with Crippen LogP contribution < -0.4 is 0 Å². The molecular formula is C14H21BrN2O4. The third-order valence-electron chi connectivity index (χ3n) is 2.90. The normalized spacial score (nSPS) is 10.5. The Morgan fingerprint density at radius 3 is 2.67 bits per heavy atom. The molecule has 0 fully saturated rings. The first kappa shape index (κ1) is 17.7. The van der Waals surface area contributed by atoms with E-state index in [1.165, 1.54) is 4.90 Å². The second-order valence-electron chi connectivity index (χ2n) is 4.35. The summed E-state index contributed by atoms with van der Waals surface area (Å²) in [6, 6.07) is 1.75. The Morgan fingerprint density at radius 2 is 2.10 bits per heavy atom. The maximum Gasteiger partial charge on any atom is 0.325 e. The van der Waals surface area contributed by atoms with Crippen LogP contribution in [0.1, 0.15) is 24.3 Å². The highest BCUT2D eigenvalue weighted by molar-refractivity contribution is 9.10. The quantitative estimate of drug-likeness (QED) is 0.664. The average molecular weight is 361 g/mol. The van der Waals surface area contributed by atoms with Crippen LogP contribution in [0.25, 0.3) is 0 Å². The van der Waals surface area contributed by atoms with E-state index in [0.29, 0.717) is 32.0 Å². The Morgan fingerprint density at radius 1 is 1.38 bits per heavy atom. The van der Waals surface area contributed by atoms with E-state index in [0.717, 1.165) is 4.47 Å². The van der Waals surface area contributed by atoms with Crippen LogP contribution in [0, 0.1) is 0 Å². The zero-order valence-corrected chi connectivity index (χ0v) is 14.2. The molecule has 7 heteroatoms. The molecule has 0 atom stereocenters. The fourth-order valence-corrected chi connectivity index (χ4v) is 2.36. The minimum absolute atomic E-state index is 0.0808. The van der Waals surface area contributed by atoms with Crippen LogP contribution in [-0.2, 0) is 20.8 Å². The second kappa shape index (κ2) is 8.84. The van der Waals surface area contributed by atoms with Gasteiger partial charge >= 0.3 is 5.97 Å². The van der Waals surface area contributed by atoms with Gasteiger partial charge in [-0.15, -0.1) is 0 Å². The Bertz CT molecular complexity index is 487. The maximum absolute atomic E-state index is 12.6. The van der Waals surface area contributed by atoms with Gasteiger partial charge in [0, 0.05) is 30.9 Å². The van der Waals surface area contributed by atoms with Crippen LogP contribution in [0.5, 0.6) is 0 Å². The van der Waals surface area contributed by atoms with Gasteiger partial charge < -0.3 is 18.9 Å². The molecule has 0 aliphatic heterocycles. The number of aromatic nitrogens is 1. The van der Waals surface area contributed by atoms with Crippen molar-refractivity contribution >= 4 is 27.8 Å². The lowest BCUT2D eigenvalue weighted by atomic mass is 10.3. The van der Waals surface area contributed by atoms with Crippen LogP contribution >= 0.6 is 15.9 Å². The number of aryl methyl sites for hydroxylation is 1. The van der Waals surface area contributed by atoms with Gasteiger partial charge in [0.15, 0.2) is 0 Å². The Hall–Kier alpha value is -1.34. The van der Waals surface area contributed by atoms with Crippen molar-refractivity contribution in [3.05, 3.63) is 22.4 Å². The van der Waals surface area contributed by atoms with Crippen LogP contribution in [0.4, 0.5) is 0 Å². The lowest BCUT2D eigenvalue weighted by molar-refractivity contribution is -0.143. The van der Waals surface area contributed by atoms with E-state index in [9.17, 15) is 9.59 Å². The number of ether oxygens (including phenoxy) is 2. The lowest BCUT2D eigenvalue weighted by Crippen LogP contribution is -2.39. The van der Waals surface area contributed by atoms with E-state index in [1.54, 1.807) is 20.1 Å². The minimum Gasteiger partial charge on any atom is -0.465 e. The van der Waals surface area contributed by atoms with Gasteiger partial charge in [0.2, 0.25) is 0 Å². The first-order chi connectivity index (χ1) is 10.0. The van der Waals surface area contributed by atoms with Crippen molar-refractivity contribution in [1.82, 2.24) is 9.47 Å². The Balaban J connectivity index is 2.90. The highest BCUT2D eigenvalue weighted by Gasteiger charge is 2.22. The molecule has 0 bridgehead atoms. The third kappa shape index (κ3) is 5.17. The molecule has 1 aromatic rings. The van der Waals surface area contributed by atoms with Crippen LogP contribution in [0.2, 0.25) is 0 Å². The lowest BCUT2D eigenvalue weighted by Gasteiger charge is -2.21. The van der Waals surface area contributed by atoms with Crippen molar-refractivity contribution in [3.8, 4) is 0 Å². The zero-order valence-electron chi connectivity index (χ0n) is 12.6. The molecule has 0 saturated carbocycles. The molecule has 0 saturated heterocycles. The average Bonchev–Trinajstić information content (AvgIpc) is 2.84. The van der Waals surface area contributed by atoms with Gasteiger partial charge in [0.05, 0.1) is 13.2 Å². The summed E-state index contributed by atoms with van der Waals surface area (Å²) < 4.78 is 12.6. The number of esters is 1. The highest BCUT2D eigenvalue weighted by Crippen LogP contribution is 2.16. The summed E-state index contributed by atoms with van der Waals surface area (Å²) in [6.45, 7) is 5.27. The van der Waals surface area contributed by atoms with Crippen LogP contribution in [-0.4, -0.2) is 54.8 Å². The number of nitrogens with zero attached hydrogens (tertiary/aromatic N) is 2. The molecule has 6 nitrogen and oxygen atoms in total. The second-order valence-corrected chi connectivity index (χ2v) is 5.27. The molecule has 1 rings (SSSR count). The Kier molecular flexibility index (Phi) is 7.45. The summed E-state index contributed by atoms with van der Waals surface area (Å²) in [4.78, 5) is 25.7. The summed E-state index contributed by atoms with van der Waals surface area (Å²) in [5.41, 5.74) is 0.532. The van der Waals surface area contributed by atoms with E-state index in [-0.39, 0.29) is 12.5 Å². The predicted octanol–water partition coefficient (Wildman–Crippen LogP) is 1.92. The van der Waals surface area contributed by atoms with Crippen LogP contribution in [0.3, 0.4) is 0 Å². The summed E-state index contributed by atoms with van der Waals surface area (Å²) >= 11 is 3.36. The fraction of sp³-hybridized carbons (Fsp3) is 0.571. The van der Waals surface area contributed by atoms with Gasteiger partial charge in [-0.1, -0.05) is 0 Å². The standard InChI is InChI=1S/C14H21BrN2O4/c1-4-16-9-11(15)8-12(16)14(19)17(6-7-20-3)10-13(18)21-5-2/h8-9H,4-7,10H2,1-3H3. The van der Waals surface area contributed by atoms with Crippen molar-refractivity contribution in [2.75, 3.05) is 33.4 Å². The number of halogens is 1. The monoisotopic (exact) mass is 360 g/mol. The number of hydrogen-bond acceptors (Lipinski definition) is 4. The van der Waals surface area contributed by atoms with Crippen molar-refractivity contribution in [2.24, 2.45) is 0 Å². The summed E-state index contributed by atoms with van der Waals surface area (Å²) in [6.07, 6.45) is 1.84. The van der Waals surface area contributed by atoms with E-state index >= 15 is 0 Å². The molecule has 1 aromatic heterocycles. The molecule has 0 spiro atoms. The van der Waals surface area contributed by atoms with Gasteiger partial charge in [-0.05, 0) is 35.8 Å². The number of hydrogen-bond donors (Lipinski definition) is 0. The summed E-state index contributed by atoms with van der Waals surface area (Å²) in [7, 11) is 1.55. The Labute approximate surface area is 133 Å². The van der Waals surface area contributed by atoms with E-state index in [1.807, 2.05) is 17.7 Å². The van der Waals surface area contributed by atoms with Crippen molar-refractivity contribution in [3.63, 3.8) is 0 Å². The van der Waals surface area contributed by atoms with Crippen molar-refractivity contribution in [2.45, 2.75) is 20.4 Å². The minimum atomic E-state index is -0.421. The molecule has 1 amide bonds. The van der Waals surface area contributed by atoms with Crippen molar-refractivity contribution < 1.29 is 19.1 Å².